The van der Waals surface area contributed by atoms with Crippen LogP contribution in [-0.4, -0.2) is 23.9 Å². The zero-order chi connectivity index (χ0) is 18.1. The van der Waals surface area contributed by atoms with E-state index in [2.05, 4.69) is 10.6 Å². The van der Waals surface area contributed by atoms with Crippen molar-refractivity contribution in [2.75, 3.05) is 0 Å². The normalized spacial score (nSPS) is 21.3. The molecule has 1 aliphatic carbocycles. The van der Waals surface area contributed by atoms with Gasteiger partial charge < -0.3 is 10.6 Å². The van der Waals surface area contributed by atoms with Crippen molar-refractivity contribution < 1.29 is 22.8 Å². The molecule has 2 N–H and O–H groups in total. The molecule has 2 amide bonds. The molecule has 0 radical (unpaired) electrons. The lowest BCUT2D eigenvalue weighted by Crippen LogP contribution is -2.49. The molecule has 3 atom stereocenters. The molecule has 0 bridgehead atoms. The highest BCUT2D eigenvalue weighted by atomic mass is 19.4. The molecule has 0 aliphatic heterocycles. The highest BCUT2D eigenvalue weighted by Crippen LogP contribution is 2.46. The summed E-state index contributed by atoms with van der Waals surface area (Å²) in [6, 6.07) is 4.40. The highest BCUT2D eigenvalue weighted by Gasteiger charge is 2.45. The molecule has 0 spiro atoms. The van der Waals surface area contributed by atoms with Crippen LogP contribution in [0.1, 0.15) is 44.2 Å². The van der Waals surface area contributed by atoms with Crippen LogP contribution in [0.4, 0.5) is 13.2 Å². The minimum Gasteiger partial charge on any atom is -0.351 e. The summed E-state index contributed by atoms with van der Waals surface area (Å²) in [6.07, 6.45) is -3.95. The first-order chi connectivity index (χ1) is 11.1. The maximum atomic E-state index is 13.1. The fraction of sp³-hybridized carbons (Fsp3) is 0.529. The van der Waals surface area contributed by atoms with E-state index in [9.17, 15) is 22.8 Å². The Labute approximate surface area is 138 Å². The Bertz CT molecular complexity index is 629. The molecule has 1 fully saturated rings. The third-order valence-corrected chi connectivity index (χ3v) is 4.09. The average Bonchev–Trinajstić information content (AvgIpc) is 3.22. The molecule has 2 rings (SSSR count). The Hall–Kier alpha value is -2.05. The Morgan fingerprint density at radius 1 is 1.21 bits per heavy atom. The van der Waals surface area contributed by atoms with Crippen LogP contribution in [0.25, 0.3) is 0 Å². The van der Waals surface area contributed by atoms with Crippen LogP contribution in [0.5, 0.6) is 0 Å². The number of hydrogen-bond acceptors (Lipinski definition) is 2. The topological polar surface area (TPSA) is 58.2 Å². The molecule has 0 aromatic heterocycles. The molecule has 7 heteroatoms. The van der Waals surface area contributed by atoms with Gasteiger partial charge in [-0.15, -0.1) is 0 Å². The number of rotatable bonds is 5. The maximum Gasteiger partial charge on any atom is 0.416 e. The summed E-state index contributed by atoms with van der Waals surface area (Å²) in [5, 5.41) is 5.32. The van der Waals surface area contributed by atoms with Gasteiger partial charge in [0.25, 0.3) is 0 Å². The second-order valence-electron chi connectivity index (χ2n) is 6.46. The van der Waals surface area contributed by atoms with Gasteiger partial charge in [0, 0.05) is 18.9 Å². The molecule has 24 heavy (non-hydrogen) atoms. The van der Waals surface area contributed by atoms with Gasteiger partial charge in [-0.2, -0.15) is 13.2 Å². The lowest BCUT2D eigenvalue weighted by Gasteiger charge is -2.21. The molecular formula is C17H21F3N2O2. The number of hydrogen-bond donors (Lipinski definition) is 2. The molecular weight excluding hydrogens is 321 g/mol. The summed E-state index contributed by atoms with van der Waals surface area (Å²) in [6.45, 7) is 4.91. The Balaban J connectivity index is 2.06. The second kappa shape index (κ2) is 6.83. The van der Waals surface area contributed by atoms with Crippen LogP contribution in [0.15, 0.2) is 24.3 Å². The Morgan fingerprint density at radius 3 is 2.38 bits per heavy atom. The van der Waals surface area contributed by atoms with E-state index in [1.54, 1.807) is 19.9 Å². The molecule has 1 aliphatic rings. The largest absolute Gasteiger partial charge is 0.416 e. The quantitative estimate of drug-likeness (QED) is 0.864. The second-order valence-corrected chi connectivity index (χ2v) is 6.46. The Morgan fingerprint density at radius 2 is 1.83 bits per heavy atom. The smallest absolute Gasteiger partial charge is 0.351 e. The van der Waals surface area contributed by atoms with Gasteiger partial charge in [-0.3, -0.25) is 9.59 Å². The van der Waals surface area contributed by atoms with Crippen LogP contribution in [0.3, 0.4) is 0 Å². The van der Waals surface area contributed by atoms with Crippen molar-refractivity contribution in [3.05, 3.63) is 35.4 Å². The van der Waals surface area contributed by atoms with E-state index in [4.69, 9.17) is 0 Å². The number of halogens is 3. The van der Waals surface area contributed by atoms with Gasteiger partial charge >= 0.3 is 6.18 Å². The zero-order valence-electron chi connectivity index (χ0n) is 13.8. The van der Waals surface area contributed by atoms with Crippen molar-refractivity contribution in [1.82, 2.24) is 10.6 Å². The summed E-state index contributed by atoms with van der Waals surface area (Å²) < 4.78 is 39.2. The molecule has 0 unspecified atom stereocenters. The predicted octanol–water partition coefficient (Wildman–Crippen LogP) is 2.84. The average molecular weight is 342 g/mol. The van der Waals surface area contributed by atoms with Crippen LogP contribution >= 0.6 is 0 Å². The van der Waals surface area contributed by atoms with E-state index >= 15 is 0 Å². The molecule has 132 valence electrons. The van der Waals surface area contributed by atoms with E-state index in [0.29, 0.717) is 6.42 Å². The van der Waals surface area contributed by atoms with Crippen molar-refractivity contribution in [1.29, 1.82) is 0 Å². The summed E-state index contributed by atoms with van der Waals surface area (Å²) in [5.74, 6) is -1.15. The minimum atomic E-state index is -4.41. The van der Waals surface area contributed by atoms with Crippen molar-refractivity contribution in [3.63, 3.8) is 0 Å². The van der Waals surface area contributed by atoms with Gasteiger partial charge in [0.15, 0.2) is 0 Å². The van der Waals surface area contributed by atoms with E-state index in [-0.39, 0.29) is 35.3 Å². The fourth-order valence-electron chi connectivity index (χ4n) is 2.80. The summed E-state index contributed by atoms with van der Waals surface area (Å²) in [7, 11) is 0. The van der Waals surface area contributed by atoms with Crippen LogP contribution in [-0.2, 0) is 15.8 Å². The predicted molar refractivity (Wildman–Crippen MR) is 83.2 cm³/mol. The number of carbonyl (C=O) groups excluding carboxylic acids is 2. The molecule has 0 saturated heterocycles. The van der Waals surface area contributed by atoms with E-state index in [1.165, 1.54) is 19.1 Å². The molecule has 1 saturated carbocycles. The first-order valence-electron chi connectivity index (χ1n) is 7.85. The number of nitrogens with one attached hydrogen (secondary N) is 2. The minimum absolute atomic E-state index is 0.117. The van der Waals surface area contributed by atoms with Crippen LogP contribution < -0.4 is 10.6 Å². The Kier molecular flexibility index (Phi) is 5.20. The van der Waals surface area contributed by atoms with Gasteiger partial charge in [0.05, 0.1) is 5.56 Å². The fourth-order valence-corrected chi connectivity index (χ4v) is 2.80. The molecule has 0 heterocycles. The maximum absolute atomic E-state index is 13.1. The van der Waals surface area contributed by atoms with Crippen LogP contribution in [0, 0.1) is 5.92 Å². The summed E-state index contributed by atoms with van der Waals surface area (Å²) in [4.78, 5) is 23.5. The number of alkyl halides is 3. The summed E-state index contributed by atoms with van der Waals surface area (Å²) >= 11 is 0. The van der Waals surface area contributed by atoms with E-state index in [0.717, 1.165) is 6.07 Å². The van der Waals surface area contributed by atoms with Crippen molar-refractivity contribution in [2.45, 2.75) is 51.4 Å². The third-order valence-electron chi connectivity index (χ3n) is 4.09. The van der Waals surface area contributed by atoms with Crippen molar-refractivity contribution in [2.24, 2.45) is 5.92 Å². The lowest BCUT2D eigenvalue weighted by molar-refractivity contribution is -0.138. The highest BCUT2D eigenvalue weighted by molar-refractivity contribution is 5.87. The van der Waals surface area contributed by atoms with Crippen molar-refractivity contribution in [3.8, 4) is 0 Å². The molecule has 1 aromatic rings. The number of amides is 2. The monoisotopic (exact) mass is 342 g/mol. The number of benzene rings is 1. The van der Waals surface area contributed by atoms with Crippen molar-refractivity contribution >= 4 is 11.8 Å². The third kappa shape index (κ3) is 4.27. The first kappa shape index (κ1) is 18.3. The van der Waals surface area contributed by atoms with Gasteiger partial charge in [0.1, 0.15) is 6.04 Å². The van der Waals surface area contributed by atoms with Gasteiger partial charge in [-0.25, -0.2) is 0 Å². The number of carbonyl (C=O) groups is 2. The lowest BCUT2D eigenvalue weighted by atomic mass is 10.0. The first-order valence-corrected chi connectivity index (χ1v) is 7.85. The molecule has 4 nitrogen and oxygen atoms in total. The zero-order valence-corrected chi connectivity index (χ0v) is 13.8. The standard InChI is InChI=1S/C17H21F3N2O2/c1-9(2)15(21-10(3)23)16(24)22-14-8-12(14)11-6-4-5-7-13(11)17(18,19)20/h4-7,9,12,14-15H,8H2,1-3H3,(H,21,23)(H,22,24)/t12-,14+,15-/m0/s1. The van der Waals surface area contributed by atoms with Gasteiger partial charge in [0.2, 0.25) is 11.8 Å². The molecule has 1 aromatic carbocycles. The van der Waals surface area contributed by atoms with Crippen LogP contribution in [0.2, 0.25) is 0 Å². The summed E-state index contributed by atoms with van der Waals surface area (Å²) in [5.41, 5.74) is -0.454. The van der Waals surface area contributed by atoms with E-state index < -0.39 is 17.8 Å². The van der Waals surface area contributed by atoms with E-state index in [1.807, 2.05) is 0 Å². The van der Waals surface area contributed by atoms with Gasteiger partial charge in [-0.05, 0) is 24.0 Å². The SMILES string of the molecule is CC(=O)N[C@H](C(=O)N[C@@H]1C[C@H]1c1ccccc1C(F)(F)F)C(C)C. The van der Waals surface area contributed by atoms with Gasteiger partial charge in [-0.1, -0.05) is 32.0 Å².